The van der Waals surface area contributed by atoms with Gasteiger partial charge in [-0.1, -0.05) is 29.4 Å². The van der Waals surface area contributed by atoms with E-state index in [4.69, 9.17) is 11.6 Å². The molecule has 1 amide bonds. The Morgan fingerprint density at radius 2 is 1.96 bits per heavy atom. The summed E-state index contributed by atoms with van der Waals surface area (Å²) in [6, 6.07) is 11.4. The van der Waals surface area contributed by atoms with Crippen molar-refractivity contribution < 1.29 is 9.72 Å². The number of rotatable bonds is 6. The van der Waals surface area contributed by atoms with Gasteiger partial charge in [-0.05, 0) is 36.8 Å². The molecule has 1 N–H and O–H groups in total. The number of non-ortho nitro benzene ring substituents is 1. The summed E-state index contributed by atoms with van der Waals surface area (Å²) in [6.45, 7) is 1.84. The molecular weight excluding hydrogens is 402 g/mol. The van der Waals surface area contributed by atoms with Gasteiger partial charge in [0, 0.05) is 35.5 Å². The Morgan fingerprint density at radius 3 is 2.64 bits per heavy atom. The molecule has 0 spiro atoms. The van der Waals surface area contributed by atoms with Crippen LogP contribution < -0.4 is 5.32 Å². The lowest BCUT2D eigenvalue weighted by Crippen LogP contribution is -2.15. The Hall–Kier alpha value is -2.91. The van der Waals surface area contributed by atoms with Gasteiger partial charge in [0.25, 0.3) is 5.69 Å². The van der Waals surface area contributed by atoms with E-state index in [0.29, 0.717) is 27.3 Å². The summed E-state index contributed by atoms with van der Waals surface area (Å²) in [4.78, 5) is 22.5. The summed E-state index contributed by atoms with van der Waals surface area (Å²) in [5.41, 5.74) is 2.18. The van der Waals surface area contributed by atoms with E-state index in [-0.39, 0.29) is 17.3 Å². The fraction of sp³-hybridized carbons (Fsp3) is 0.167. The molecule has 144 valence electrons. The van der Waals surface area contributed by atoms with Crippen LogP contribution in [0.25, 0.3) is 11.4 Å². The number of hydrogen-bond acceptors (Lipinski definition) is 6. The molecule has 0 aliphatic heterocycles. The number of anilines is 1. The van der Waals surface area contributed by atoms with Crippen LogP contribution in [0.5, 0.6) is 0 Å². The van der Waals surface area contributed by atoms with Crippen LogP contribution in [0.2, 0.25) is 5.02 Å². The highest BCUT2D eigenvalue weighted by Crippen LogP contribution is 2.26. The summed E-state index contributed by atoms with van der Waals surface area (Å²) >= 11 is 7.31. The van der Waals surface area contributed by atoms with Crippen molar-refractivity contribution in [3.05, 3.63) is 63.2 Å². The van der Waals surface area contributed by atoms with E-state index < -0.39 is 4.92 Å². The Balaban J connectivity index is 1.66. The lowest BCUT2D eigenvalue weighted by Gasteiger charge is -2.09. The SMILES string of the molecule is Cc1c(Cl)cccc1NC(=O)CSc1nnc(-c2ccc([N+](=O)[O-])cc2)n1C. The Morgan fingerprint density at radius 1 is 1.25 bits per heavy atom. The predicted octanol–water partition coefficient (Wildman–Crippen LogP) is 4.08. The molecule has 8 nitrogen and oxygen atoms in total. The maximum Gasteiger partial charge on any atom is 0.269 e. The number of hydrogen-bond donors (Lipinski definition) is 1. The number of aromatic nitrogens is 3. The third kappa shape index (κ3) is 4.32. The quantitative estimate of drug-likeness (QED) is 0.368. The highest BCUT2D eigenvalue weighted by Gasteiger charge is 2.15. The molecule has 0 unspecified atom stereocenters. The minimum absolute atomic E-state index is 0.00787. The summed E-state index contributed by atoms with van der Waals surface area (Å²) in [6.07, 6.45) is 0. The van der Waals surface area contributed by atoms with Gasteiger partial charge in [-0.25, -0.2) is 0 Å². The second-order valence-electron chi connectivity index (χ2n) is 5.92. The van der Waals surface area contributed by atoms with Crippen LogP contribution in [-0.2, 0) is 11.8 Å². The molecule has 0 atom stereocenters. The van der Waals surface area contributed by atoms with E-state index in [2.05, 4.69) is 15.5 Å². The maximum absolute atomic E-state index is 12.2. The van der Waals surface area contributed by atoms with Crippen LogP contribution in [0.3, 0.4) is 0 Å². The normalized spacial score (nSPS) is 10.7. The van der Waals surface area contributed by atoms with Gasteiger partial charge in [0.1, 0.15) is 0 Å². The second-order valence-corrected chi connectivity index (χ2v) is 7.27. The zero-order valence-corrected chi connectivity index (χ0v) is 16.6. The molecule has 0 aliphatic carbocycles. The van der Waals surface area contributed by atoms with Crippen LogP contribution in [-0.4, -0.2) is 31.3 Å². The van der Waals surface area contributed by atoms with Crippen molar-refractivity contribution in [2.45, 2.75) is 12.1 Å². The average molecular weight is 418 g/mol. The van der Waals surface area contributed by atoms with Gasteiger partial charge in [-0.15, -0.1) is 10.2 Å². The number of carbonyl (C=O) groups is 1. The first-order valence-electron chi connectivity index (χ1n) is 8.19. The monoisotopic (exact) mass is 417 g/mol. The van der Waals surface area contributed by atoms with E-state index in [0.717, 1.165) is 5.56 Å². The van der Waals surface area contributed by atoms with E-state index in [9.17, 15) is 14.9 Å². The van der Waals surface area contributed by atoms with E-state index >= 15 is 0 Å². The predicted molar refractivity (Wildman–Crippen MR) is 109 cm³/mol. The molecule has 2 aromatic carbocycles. The minimum atomic E-state index is -0.456. The lowest BCUT2D eigenvalue weighted by molar-refractivity contribution is -0.384. The van der Waals surface area contributed by atoms with Gasteiger partial charge in [-0.2, -0.15) is 0 Å². The second kappa shape index (κ2) is 8.41. The average Bonchev–Trinajstić information content (AvgIpc) is 3.04. The minimum Gasteiger partial charge on any atom is -0.325 e. The Kier molecular flexibility index (Phi) is 5.96. The zero-order chi connectivity index (χ0) is 20.3. The van der Waals surface area contributed by atoms with Crippen LogP contribution in [0, 0.1) is 17.0 Å². The van der Waals surface area contributed by atoms with Crippen molar-refractivity contribution in [3.63, 3.8) is 0 Å². The molecule has 0 saturated heterocycles. The van der Waals surface area contributed by atoms with Gasteiger partial charge < -0.3 is 9.88 Å². The van der Waals surface area contributed by atoms with Gasteiger partial charge >= 0.3 is 0 Å². The Labute approximate surface area is 170 Å². The van der Waals surface area contributed by atoms with E-state index in [1.165, 1.54) is 23.9 Å². The van der Waals surface area contributed by atoms with Crippen molar-refractivity contribution in [3.8, 4) is 11.4 Å². The third-order valence-corrected chi connectivity index (χ3v) is 5.48. The van der Waals surface area contributed by atoms with Gasteiger partial charge in [-0.3, -0.25) is 14.9 Å². The number of amides is 1. The van der Waals surface area contributed by atoms with Crippen molar-refractivity contribution in [2.75, 3.05) is 11.1 Å². The number of carbonyl (C=O) groups excluding carboxylic acids is 1. The lowest BCUT2D eigenvalue weighted by atomic mass is 10.2. The molecule has 1 heterocycles. The molecule has 3 aromatic rings. The molecule has 0 aliphatic rings. The van der Waals surface area contributed by atoms with Crippen LogP contribution in [0.15, 0.2) is 47.6 Å². The summed E-state index contributed by atoms with van der Waals surface area (Å²) in [7, 11) is 1.78. The van der Waals surface area contributed by atoms with Crippen molar-refractivity contribution in [1.29, 1.82) is 0 Å². The summed E-state index contributed by atoms with van der Waals surface area (Å²) < 4.78 is 1.74. The standard InChI is InChI=1S/C18H16ClN5O3S/c1-11-14(19)4-3-5-15(11)20-16(25)10-28-18-22-21-17(23(18)2)12-6-8-13(9-7-12)24(26)27/h3-9H,10H2,1-2H3,(H,20,25). The highest BCUT2D eigenvalue weighted by molar-refractivity contribution is 7.99. The molecule has 0 bridgehead atoms. The van der Waals surface area contributed by atoms with Gasteiger partial charge in [0.15, 0.2) is 11.0 Å². The molecule has 1 aromatic heterocycles. The maximum atomic E-state index is 12.2. The smallest absolute Gasteiger partial charge is 0.269 e. The number of nitro groups is 1. The van der Waals surface area contributed by atoms with Crippen LogP contribution in [0.1, 0.15) is 5.56 Å². The molecule has 0 fully saturated rings. The third-order valence-electron chi connectivity index (χ3n) is 4.05. The van der Waals surface area contributed by atoms with E-state index in [1.54, 1.807) is 41.9 Å². The fourth-order valence-corrected chi connectivity index (χ4v) is 3.37. The first-order valence-corrected chi connectivity index (χ1v) is 9.55. The number of halogens is 1. The fourth-order valence-electron chi connectivity index (χ4n) is 2.48. The van der Waals surface area contributed by atoms with Crippen LogP contribution in [0.4, 0.5) is 11.4 Å². The number of nitrogens with zero attached hydrogens (tertiary/aromatic N) is 4. The number of benzene rings is 2. The van der Waals surface area contributed by atoms with Crippen molar-refractivity contribution in [2.24, 2.45) is 7.05 Å². The Bertz CT molecular complexity index is 1040. The van der Waals surface area contributed by atoms with Crippen LogP contribution >= 0.6 is 23.4 Å². The number of nitrogens with one attached hydrogen (secondary N) is 1. The summed E-state index contributed by atoms with van der Waals surface area (Å²) in [5, 5.41) is 23.0. The summed E-state index contributed by atoms with van der Waals surface area (Å²) in [5.74, 6) is 0.525. The highest BCUT2D eigenvalue weighted by atomic mass is 35.5. The first-order chi connectivity index (χ1) is 13.4. The molecule has 0 saturated carbocycles. The first kappa shape index (κ1) is 19.8. The topological polar surface area (TPSA) is 103 Å². The van der Waals surface area contributed by atoms with Crippen molar-refractivity contribution in [1.82, 2.24) is 14.8 Å². The molecule has 28 heavy (non-hydrogen) atoms. The molecule has 10 heteroatoms. The van der Waals surface area contributed by atoms with Gasteiger partial charge in [0.05, 0.1) is 10.7 Å². The molecular formula is C18H16ClN5O3S. The number of nitro benzene ring substituents is 1. The van der Waals surface area contributed by atoms with Crippen molar-refractivity contribution >= 4 is 40.6 Å². The number of thioether (sulfide) groups is 1. The largest absolute Gasteiger partial charge is 0.325 e. The molecule has 3 rings (SSSR count). The van der Waals surface area contributed by atoms with E-state index in [1.807, 2.05) is 6.92 Å². The molecule has 0 radical (unpaired) electrons. The zero-order valence-electron chi connectivity index (χ0n) is 15.0. The van der Waals surface area contributed by atoms with Gasteiger partial charge in [0.2, 0.25) is 5.91 Å².